The highest BCUT2D eigenvalue weighted by Crippen LogP contribution is 2.29. The molecule has 130 valence electrons. The minimum atomic E-state index is -4.01. The van der Waals surface area contributed by atoms with Gasteiger partial charge in [0.25, 0.3) is 5.70 Å². The lowest BCUT2D eigenvalue weighted by Crippen LogP contribution is -2.12. The van der Waals surface area contributed by atoms with Gasteiger partial charge in [-0.05, 0) is 36.3 Å². The van der Waals surface area contributed by atoms with E-state index in [1.165, 1.54) is 23.6 Å². The topological polar surface area (TPSA) is 77.3 Å². The van der Waals surface area contributed by atoms with Crippen LogP contribution >= 0.6 is 11.8 Å². The fourth-order valence-corrected chi connectivity index (χ4v) is 4.44. The van der Waals surface area contributed by atoms with E-state index in [0.29, 0.717) is 5.56 Å². The maximum Gasteiger partial charge on any atom is 0.289 e. The zero-order valence-corrected chi connectivity index (χ0v) is 15.4. The van der Waals surface area contributed by atoms with E-state index in [-0.39, 0.29) is 9.80 Å². The Bertz CT molecular complexity index is 915. The maximum absolute atomic E-state index is 12.9. The van der Waals surface area contributed by atoms with E-state index in [2.05, 4.69) is 0 Å². The summed E-state index contributed by atoms with van der Waals surface area (Å²) in [5, 5.41) is 12.9. The van der Waals surface area contributed by atoms with Crippen molar-refractivity contribution in [3.05, 3.63) is 91.8 Å². The molecule has 0 aliphatic rings. The number of rotatable bonds is 6. The molecule has 0 atom stereocenters. The van der Waals surface area contributed by atoms with Gasteiger partial charge in [-0.25, -0.2) is 8.42 Å². The summed E-state index contributed by atoms with van der Waals surface area (Å²) in [6.45, 7) is 1.90. The Balaban J connectivity index is 2.61. The molecule has 2 aromatic carbocycles. The normalized spacial score (nSPS) is 12.9. The minimum absolute atomic E-state index is 0.0203. The molecule has 0 amide bonds. The van der Waals surface area contributed by atoms with Crippen molar-refractivity contribution in [1.29, 1.82) is 0 Å². The molecule has 25 heavy (non-hydrogen) atoms. The number of hydrogen-bond donors (Lipinski definition) is 0. The van der Waals surface area contributed by atoms with Crippen LogP contribution in [0.25, 0.3) is 6.08 Å². The number of aryl methyl sites for hydroxylation is 1. The molecule has 0 fully saturated rings. The fraction of sp³-hybridized carbons (Fsp3) is 0.111. The van der Waals surface area contributed by atoms with Crippen molar-refractivity contribution in [2.24, 2.45) is 0 Å². The molecule has 0 aromatic heterocycles. The first-order chi connectivity index (χ1) is 11.9. The van der Waals surface area contributed by atoms with E-state index in [4.69, 9.17) is 0 Å². The van der Waals surface area contributed by atoms with Crippen LogP contribution in [0, 0.1) is 17.0 Å². The lowest BCUT2D eigenvalue weighted by molar-refractivity contribution is -0.418. The van der Waals surface area contributed by atoms with Crippen molar-refractivity contribution in [3.8, 4) is 0 Å². The van der Waals surface area contributed by atoms with Gasteiger partial charge in [-0.3, -0.25) is 10.1 Å². The fourth-order valence-electron chi connectivity index (χ4n) is 2.13. The Morgan fingerprint density at radius 3 is 2.20 bits per heavy atom. The highest BCUT2D eigenvalue weighted by molar-refractivity contribution is 8.03. The van der Waals surface area contributed by atoms with Gasteiger partial charge in [0.2, 0.25) is 9.84 Å². The van der Waals surface area contributed by atoms with Gasteiger partial charge in [0.1, 0.15) is 0 Å². The Kier molecular flexibility index (Phi) is 6.17. The lowest BCUT2D eigenvalue weighted by atomic mass is 10.1. The zero-order chi connectivity index (χ0) is 18.4. The number of sulfone groups is 1. The van der Waals surface area contributed by atoms with Gasteiger partial charge in [0.05, 0.1) is 9.82 Å². The average Bonchev–Trinajstić information content (AvgIpc) is 2.60. The van der Waals surface area contributed by atoms with Crippen LogP contribution in [0.1, 0.15) is 11.1 Å². The van der Waals surface area contributed by atoms with Gasteiger partial charge < -0.3 is 0 Å². The van der Waals surface area contributed by atoms with Crippen molar-refractivity contribution >= 4 is 27.7 Å². The van der Waals surface area contributed by atoms with E-state index in [9.17, 15) is 18.5 Å². The number of nitrogens with zero attached hydrogens (tertiary/aromatic N) is 1. The molecule has 0 radical (unpaired) electrons. The molecule has 0 saturated carbocycles. The van der Waals surface area contributed by atoms with Gasteiger partial charge in [-0.2, -0.15) is 0 Å². The molecule has 7 heteroatoms. The highest BCUT2D eigenvalue weighted by Gasteiger charge is 2.31. The summed E-state index contributed by atoms with van der Waals surface area (Å²) in [5.41, 5.74) is 1.12. The molecular formula is C18H17NO4S2. The van der Waals surface area contributed by atoms with Crippen LogP contribution in [0.4, 0.5) is 0 Å². The quantitative estimate of drug-likeness (QED) is 0.427. The third-order valence-corrected chi connectivity index (χ3v) is 5.82. The van der Waals surface area contributed by atoms with E-state index < -0.39 is 20.5 Å². The largest absolute Gasteiger partial charge is 0.289 e. The molecule has 2 rings (SSSR count). The SMILES string of the molecule is CS/C=C(\C(=C/c1ccc(C)cc1)[N+](=O)[O-])S(=O)(=O)c1ccccc1. The predicted molar refractivity (Wildman–Crippen MR) is 101 cm³/mol. The van der Waals surface area contributed by atoms with Crippen LogP contribution in [0.15, 0.2) is 75.5 Å². The van der Waals surface area contributed by atoms with E-state index in [0.717, 1.165) is 17.3 Å². The number of thioether (sulfide) groups is 1. The summed E-state index contributed by atoms with van der Waals surface area (Å²) in [5.74, 6) is 0. The molecule has 0 bridgehead atoms. The van der Waals surface area contributed by atoms with Crippen molar-refractivity contribution in [1.82, 2.24) is 0 Å². The predicted octanol–water partition coefficient (Wildman–Crippen LogP) is 4.29. The monoisotopic (exact) mass is 375 g/mol. The molecule has 0 heterocycles. The van der Waals surface area contributed by atoms with Crippen molar-refractivity contribution in [2.45, 2.75) is 11.8 Å². The Hall–Kier alpha value is -2.38. The van der Waals surface area contributed by atoms with Crippen LogP contribution < -0.4 is 0 Å². The Morgan fingerprint density at radius 1 is 1.08 bits per heavy atom. The van der Waals surface area contributed by atoms with E-state index >= 15 is 0 Å². The zero-order valence-electron chi connectivity index (χ0n) is 13.7. The third-order valence-electron chi connectivity index (χ3n) is 3.40. The number of nitro groups is 1. The summed E-state index contributed by atoms with van der Waals surface area (Å²) in [7, 11) is -4.01. The first-order valence-corrected chi connectivity index (χ1v) is 10.1. The average molecular weight is 375 g/mol. The first-order valence-electron chi connectivity index (χ1n) is 7.32. The Labute approximate surface area is 151 Å². The second-order valence-corrected chi connectivity index (χ2v) is 7.86. The summed E-state index contributed by atoms with van der Waals surface area (Å²) < 4.78 is 25.8. The molecular weight excluding hydrogens is 358 g/mol. The van der Waals surface area contributed by atoms with Gasteiger partial charge in [0.15, 0.2) is 4.91 Å². The van der Waals surface area contributed by atoms with Crippen LogP contribution in [-0.4, -0.2) is 19.6 Å². The van der Waals surface area contributed by atoms with Crippen molar-refractivity contribution in [3.63, 3.8) is 0 Å². The van der Waals surface area contributed by atoms with Gasteiger partial charge >= 0.3 is 0 Å². The minimum Gasteiger partial charge on any atom is -0.258 e. The highest BCUT2D eigenvalue weighted by atomic mass is 32.2. The van der Waals surface area contributed by atoms with Crippen LogP contribution in [0.5, 0.6) is 0 Å². The number of hydrogen-bond acceptors (Lipinski definition) is 5. The van der Waals surface area contributed by atoms with Gasteiger partial charge in [0, 0.05) is 6.08 Å². The van der Waals surface area contributed by atoms with Crippen LogP contribution in [0.3, 0.4) is 0 Å². The molecule has 0 unspecified atom stereocenters. The molecule has 5 nitrogen and oxygen atoms in total. The molecule has 0 spiro atoms. The standard InChI is InChI=1S/C18H17NO4S2/c1-14-8-10-15(11-9-14)12-17(19(20)21)18(13-24-2)25(22,23)16-6-4-3-5-7-16/h3-13H,1-2H3/b17-12+,18-13+. The Morgan fingerprint density at radius 2 is 1.68 bits per heavy atom. The summed E-state index contributed by atoms with van der Waals surface area (Å²) in [4.78, 5) is 10.6. The molecule has 0 aliphatic heterocycles. The second-order valence-electron chi connectivity index (χ2n) is 5.23. The summed E-state index contributed by atoms with van der Waals surface area (Å²) >= 11 is 1.10. The van der Waals surface area contributed by atoms with Crippen LogP contribution in [0.2, 0.25) is 0 Å². The van der Waals surface area contributed by atoms with Gasteiger partial charge in [-0.15, -0.1) is 11.8 Å². The summed E-state index contributed by atoms with van der Waals surface area (Å²) in [6.07, 6.45) is 2.94. The van der Waals surface area contributed by atoms with Crippen molar-refractivity contribution in [2.75, 3.05) is 6.26 Å². The first kappa shape index (κ1) is 19.0. The van der Waals surface area contributed by atoms with Crippen molar-refractivity contribution < 1.29 is 13.3 Å². The van der Waals surface area contributed by atoms with E-state index in [1.807, 2.05) is 19.1 Å². The molecule has 0 saturated heterocycles. The third kappa shape index (κ3) is 4.58. The lowest BCUT2D eigenvalue weighted by Gasteiger charge is -2.07. The number of benzene rings is 2. The second kappa shape index (κ2) is 8.13. The molecule has 0 aliphatic carbocycles. The molecule has 2 aromatic rings. The smallest absolute Gasteiger partial charge is 0.258 e. The maximum atomic E-state index is 12.9. The van der Waals surface area contributed by atoms with Crippen LogP contribution in [-0.2, 0) is 9.84 Å². The summed E-state index contributed by atoms with van der Waals surface area (Å²) in [6, 6.07) is 14.8. The molecule has 0 N–H and O–H groups in total. The van der Waals surface area contributed by atoms with Gasteiger partial charge in [-0.1, -0.05) is 48.0 Å². The van der Waals surface area contributed by atoms with E-state index in [1.54, 1.807) is 36.6 Å².